The maximum atomic E-state index is 13.6. The van der Waals surface area contributed by atoms with Crippen LogP contribution in [0.1, 0.15) is 32.7 Å². The molecular weight excluding hydrogens is 442 g/mol. The minimum Gasteiger partial charge on any atom is -0.481 e. The van der Waals surface area contributed by atoms with E-state index < -0.39 is 11.6 Å². The van der Waals surface area contributed by atoms with Gasteiger partial charge in [-0.05, 0) is 44.6 Å². The SMILES string of the molecule is COc1cc(N2C[C@H]3CC[C@H](C2)C3Nc2nc(Oc3cc(F)cc(F)c3)n(C(C)C)n2)ccn1. The summed E-state index contributed by atoms with van der Waals surface area (Å²) in [6.07, 6.45) is 4.02. The number of fused-ring (bicyclic) bond motifs is 2. The molecule has 1 saturated carbocycles. The van der Waals surface area contributed by atoms with Crippen LogP contribution in [0.25, 0.3) is 0 Å². The Bertz CT molecular complexity index is 1140. The predicted molar refractivity (Wildman–Crippen MR) is 123 cm³/mol. The highest BCUT2D eigenvalue weighted by Crippen LogP contribution is 2.40. The molecule has 1 aliphatic carbocycles. The fourth-order valence-corrected chi connectivity index (χ4v) is 4.99. The summed E-state index contributed by atoms with van der Waals surface area (Å²) in [5.74, 6) is 0.564. The van der Waals surface area contributed by atoms with Gasteiger partial charge in [0, 0.05) is 55.3 Å². The van der Waals surface area contributed by atoms with E-state index in [0.29, 0.717) is 23.7 Å². The van der Waals surface area contributed by atoms with Gasteiger partial charge in [-0.1, -0.05) is 0 Å². The topological polar surface area (TPSA) is 77.3 Å². The molecule has 8 nitrogen and oxygen atoms in total. The Kier molecular flexibility index (Phi) is 5.97. The number of pyridine rings is 1. The number of hydrogen-bond donors (Lipinski definition) is 1. The van der Waals surface area contributed by atoms with Crippen LogP contribution < -0.4 is 19.7 Å². The second kappa shape index (κ2) is 9.08. The molecular formula is C24H28F2N6O2. The van der Waals surface area contributed by atoms with Crippen molar-refractivity contribution in [2.45, 2.75) is 38.8 Å². The van der Waals surface area contributed by atoms with Crippen LogP contribution in [0, 0.1) is 23.5 Å². The lowest BCUT2D eigenvalue weighted by molar-refractivity contribution is 0.371. The van der Waals surface area contributed by atoms with E-state index in [4.69, 9.17) is 9.47 Å². The zero-order valence-electron chi connectivity index (χ0n) is 19.4. The second-order valence-electron chi connectivity index (χ2n) is 9.19. The van der Waals surface area contributed by atoms with Crippen LogP contribution in [0.5, 0.6) is 17.6 Å². The summed E-state index contributed by atoms with van der Waals surface area (Å²) in [5.41, 5.74) is 1.11. The Morgan fingerprint density at radius 3 is 2.41 bits per heavy atom. The van der Waals surface area contributed by atoms with Crippen molar-refractivity contribution >= 4 is 11.6 Å². The van der Waals surface area contributed by atoms with E-state index in [1.807, 2.05) is 26.0 Å². The first-order valence-electron chi connectivity index (χ1n) is 11.5. The summed E-state index contributed by atoms with van der Waals surface area (Å²) < 4.78 is 39.8. The summed E-state index contributed by atoms with van der Waals surface area (Å²) in [6, 6.07) is 7.42. The Morgan fingerprint density at radius 2 is 1.76 bits per heavy atom. The lowest BCUT2D eigenvalue weighted by atomic mass is 9.92. The molecule has 2 atom stereocenters. The Labute approximate surface area is 196 Å². The van der Waals surface area contributed by atoms with Gasteiger partial charge in [0.2, 0.25) is 11.8 Å². The van der Waals surface area contributed by atoms with Crippen LogP contribution in [0.2, 0.25) is 0 Å². The molecule has 5 rings (SSSR count). The third-order valence-electron chi connectivity index (χ3n) is 6.56. The molecule has 2 bridgehead atoms. The molecule has 2 aliphatic rings. The van der Waals surface area contributed by atoms with Crippen LogP contribution in [0.3, 0.4) is 0 Å². The summed E-state index contributed by atoms with van der Waals surface area (Å²) in [6.45, 7) is 5.72. The van der Waals surface area contributed by atoms with Crippen molar-refractivity contribution < 1.29 is 18.3 Å². The third kappa shape index (κ3) is 4.49. The van der Waals surface area contributed by atoms with E-state index in [0.717, 1.165) is 49.8 Å². The Hall–Kier alpha value is -3.43. The average Bonchev–Trinajstić information content (AvgIpc) is 3.29. The standard InChI is InChI=1S/C24H28F2N6O2/c1-14(2)32-24(34-20-9-17(25)8-18(26)10-20)29-23(30-32)28-22-15-4-5-16(22)13-31(12-15)19-6-7-27-21(11-19)33-3/h6-11,14-16,22H,4-5,12-13H2,1-3H3,(H,28,30)/t15-,16-/m1/s1. The van der Waals surface area contributed by atoms with Gasteiger partial charge in [0.05, 0.1) is 13.2 Å². The monoisotopic (exact) mass is 470 g/mol. The van der Waals surface area contributed by atoms with E-state index in [-0.39, 0.29) is 23.8 Å². The number of rotatable bonds is 7. The molecule has 3 heterocycles. The number of anilines is 2. The zero-order valence-corrected chi connectivity index (χ0v) is 19.4. The first kappa shape index (κ1) is 22.4. The largest absolute Gasteiger partial charge is 0.481 e. The van der Waals surface area contributed by atoms with E-state index in [1.54, 1.807) is 18.0 Å². The van der Waals surface area contributed by atoms with Gasteiger partial charge in [0.25, 0.3) is 0 Å². The average molecular weight is 471 g/mol. The second-order valence-corrected chi connectivity index (χ2v) is 9.19. The molecule has 1 aromatic carbocycles. The molecule has 0 unspecified atom stereocenters. The van der Waals surface area contributed by atoms with Crippen molar-refractivity contribution in [1.82, 2.24) is 19.7 Å². The fraction of sp³-hybridized carbons (Fsp3) is 0.458. The van der Waals surface area contributed by atoms with E-state index >= 15 is 0 Å². The van der Waals surface area contributed by atoms with Crippen molar-refractivity contribution in [3.8, 4) is 17.6 Å². The minimum absolute atomic E-state index is 0.0412. The van der Waals surface area contributed by atoms with E-state index in [2.05, 4.69) is 25.3 Å². The molecule has 1 aliphatic heterocycles. The number of halogens is 2. The van der Waals surface area contributed by atoms with Gasteiger partial charge >= 0.3 is 6.01 Å². The van der Waals surface area contributed by atoms with Crippen molar-refractivity contribution in [3.63, 3.8) is 0 Å². The molecule has 2 fully saturated rings. The van der Waals surface area contributed by atoms with Gasteiger partial charge < -0.3 is 19.7 Å². The molecule has 0 radical (unpaired) electrons. The van der Waals surface area contributed by atoms with Crippen LogP contribution in [-0.2, 0) is 0 Å². The first-order chi connectivity index (χ1) is 16.4. The van der Waals surface area contributed by atoms with E-state index in [9.17, 15) is 8.78 Å². The molecule has 10 heteroatoms. The molecule has 0 spiro atoms. The zero-order chi connectivity index (χ0) is 23.8. The summed E-state index contributed by atoms with van der Waals surface area (Å²) in [4.78, 5) is 11.1. The van der Waals surface area contributed by atoms with Gasteiger partial charge in [-0.25, -0.2) is 18.4 Å². The quantitative estimate of drug-likeness (QED) is 0.538. The van der Waals surface area contributed by atoms with Gasteiger partial charge in [-0.2, -0.15) is 4.98 Å². The third-order valence-corrected chi connectivity index (χ3v) is 6.56. The van der Waals surface area contributed by atoms with Crippen molar-refractivity contribution in [2.75, 3.05) is 30.4 Å². The van der Waals surface area contributed by atoms with Crippen molar-refractivity contribution in [1.29, 1.82) is 0 Å². The van der Waals surface area contributed by atoms with Crippen LogP contribution >= 0.6 is 0 Å². The normalized spacial score (nSPS) is 21.7. The first-order valence-corrected chi connectivity index (χ1v) is 11.5. The van der Waals surface area contributed by atoms with Crippen molar-refractivity contribution in [2.24, 2.45) is 11.8 Å². The molecule has 180 valence electrons. The molecule has 1 saturated heterocycles. The summed E-state index contributed by atoms with van der Waals surface area (Å²) >= 11 is 0. The molecule has 34 heavy (non-hydrogen) atoms. The lowest BCUT2D eigenvalue weighted by Crippen LogP contribution is -2.48. The van der Waals surface area contributed by atoms with E-state index in [1.165, 1.54) is 0 Å². The van der Waals surface area contributed by atoms with Crippen molar-refractivity contribution in [3.05, 3.63) is 48.2 Å². The maximum Gasteiger partial charge on any atom is 0.322 e. The molecule has 1 N–H and O–H groups in total. The minimum atomic E-state index is -0.709. The Morgan fingerprint density at radius 1 is 1.06 bits per heavy atom. The number of ether oxygens (including phenoxy) is 2. The number of nitrogens with zero attached hydrogens (tertiary/aromatic N) is 5. The van der Waals surface area contributed by atoms with Crippen LogP contribution in [0.15, 0.2) is 36.5 Å². The smallest absolute Gasteiger partial charge is 0.322 e. The van der Waals surface area contributed by atoms with Gasteiger partial charge in [-0.15, -0.1) is 5.10 Å². The molecule has 2 aromatic heterocycles. The van der Waals surface area contributed by atoms with Gasteiger partial charge in [-0.3, -0.25) is 0 Å². The molecule has 0 amide bonds. The lowest BCUT2D eigenvalue weighted by Gasteiger charge is -2.39. The highest BCUT2D eigenvalue weighted by atomic mass is 19.1. The number of hydrogen-bond acceptors (Lipinski definition) is 7. The fourth-order valence-electron chi connectivity index (χ4n) is 4.99. The summed E-state index contributed by atoms with van der Waals surface area (Å²) in [7, 11) is 1.62. The number of aromatic nitrogens is 4. The highest BCUT2D eigenvalue weighted by Gasteiger charge is 2.42. The van der Waals surface area contributed by atoms with Gasteiger partial charge in [0.1, 0.15) is 17.4 Å². The highest BCUT2D eigenvalue weighted by molar-refractivity contribution is 5.49. The Balaban J connectivity index is 1.32. The van der Waals surface area contributed by atoms with Crippen LogP contribution in [0.4, 0.5) is 20.4 Å². The number of piperidine rings is 1. The maximum absolute atomic E-state index is 13.6. The number of nitrogens with one attached hydrogen (secondary N) is 1. The number of methoxy groups -OCH3 is 1. The van der Waals surface area contributed by atoms with Gasteiger partial charge in [0.15, 0.2) is 0 Å². The number of benzene rings is 1. The van der Waals surface area contributed by atoms with Crippen LogP contribution in [-0.4, -0.2) is 46.0 Å². The predicted octanol–water partition coefficient (Wildman–Crippen LogP) is 4.66. The molecule has 3 aromatic rings. The summed E-state index contributed by atoms with van der Waals surface area (Å²) in [5, 5.41) is 8.11.